The standard InChI is InChI=1S/C64H85N9O4/c1-8-67(9-2)44-59(51-26-18-47(6)19-27-51)69-32-36-71(37-33-69)63(76)57(40-49-22-16-46(5)17-23-49)73(61(74)42-56-55-15-13-12-14-54(55)43-66-56)58(41-50-24-30-53(31-25-50)62(65)75)64(77)72-38-34-70(35-39-72)60(45-68(10-3)11-4)52-28-20-48(7)21-29-52/h12-31,56-60,66H,8-11,32-45H2,1-7H3,(H2,65,75). The van der Waals surface area contributed by atoms with Gasteiger partial charge >= 0.3 is 0 Å². The van der Waals surface area contributed by atoms with Gasteiger partial charge in [-0.1, -0.05) is 154 Å². The number of piperazine rings is 2. The summed E-state index contributed by atoms with van der Waals surface area (Å²) in [6.07, 6.45) is 0.435. The number of nitrogens with two attached hydrogens (primary N) is 1. The zero-order valence-corrected chi connectivity index (χ0v) is 47.0. The van der Waals surface area contributed by atoms with Crippen molar-refractivity contribution < 1.29 is 19.2 Å². The first-order chi connectivity index (χ1) is 37.3. The molecule has 77 heavy (non-hydrogen) atoms. The Labute approximate surface area is 459 Å². The molecule has 2 saturated heterocycles. The van der Waals surface area contributed by atoms with Gasteiger partial charge in [0.1, 0.15) is 12.1 Å². The highest BCUT2D eigenvalue weighted by Gasteiger charge is 2.44. The molecule has 4 amide bonds. The number of primary amides is 1. The number of hydrogen-bond acceptors (Lipinski definition) is 9. The average molecular weight is 1040 g/mol. The fourth-order valence-corrected chi connectivity index (χ4v) is 11.8. The number of benzene rings is 5. The Bertz CT molecular complexity index is 2710. The largest absolute Gasteiger partial charge is 0.366 e. The fourth-order valence-electron chi connectivity index (χ4n) is 11.8. The van der Waals surface area contributed by atoms with Gasteiger partial charge in [-0.05, 0) is 92.5 Å². The van der Waals surface area contributed by atoms with Crippen LogP contribution in [0.1, 0.15) is 113 Å². The quantitative estimate of drug-likeness (QED) is 0.0676. The molecule has 0 spiro atoms. The molecule has 3 aliphatic rings. The summed E-state index contributed by atoms with van der Waals surface area (Å²) in [4.78, 5) is 75.8. The van der Waals surface area contributed by atoms with E-state index >= 15 is 14.4 Å². The summed E-state index contributed by atoms with van der Waals surface area (Å²) in [5.74, 6) is -1.14. The van der Waals surface area contributed by atoms with Gasteiger partial charge < -0.3 is 35.6 Å². The SMILES string of the molecule is CCN(CC)CC(c1ccc(C)cc1)N1CCN(C(=O)C(Cc2ccc(C)cc2)N(C(=O)CC2NCc3ccccc32)C(Cc2ccc(C(N)=O)cc2)C(=O)N2CCN(C(CN(CC)CC)c3ccc(C)cc3)CC2)CC1. The van der Waals surface area contributed by atoms with E-state index in [0.29, 0.717) is 64.5 Å². The molecule has 410 valence electrons. The molecule has 8 rings (SSSR count). The van der Waals surface area contributed by atoms with E-state index in [9.17, 15) is 4.79 Å². The summed E-state index contributed by atoms with van der Waals surface area (Å²) >= 11 is 0. The maximum atomic E-state index is 16.0. The van der Waals surface area contributed by atoms with Crippen LogP contribution in [0.15, 0.2) is 121 Å². The van der Waals surface area contributed by atoms with Gasteiger partial charge in [0.2, 0.25) is 23.6 Å². The predicted molar refractivity (Wildman–Crippen MR) is 308 cm³/mol. The number of aryl methyl sites for hydroxylation is 3. The first-order valence-corrected chi connectivity index (χ1v) is 28.5. The monoisotopic (exact) mass is 1040 g/mol. The lowest BCUT2D eigenvalue weighted by atomic mass is 9.94. The van der Waals surface area contributed by atoms with Crippen LogP contribution in [-0.2, 0) is 33.8 Å². The predicted octanol–water partition coefficient (Wildman–Crippen LogP) is 7.75. The van der Waals surface area contributed by atoms with Crippen LogP contribution in [0.2, 0.25) is 0 Å². The summed E-state index contributed by atoms with van der Waals surface area (Å²) in [7, 11) is 0. The molecule has 0 radical (unpaired) electrons. The first kappa shape index (κ1) is 57.0. The summed E-state index contributed by atoms with van der Waals surface area (Å²) in [6.45, 7) is 25.7. The van der Waals surface area contributed by atoms with Gasteiger partial charge in [-0.25, -0.2) is 0 Å². The minimum absolute atomic E-state index is 0.0633. The number of hydrogen-bond donors (Lipinski definition) is 2. The van der Waals surface area contributed by atoms with E-state index in [4.69, 9.17) is 5.73 Å². The van der Waals surface area contributed by atoms with Crippen LogP contribution in [0.3, 0.4) is 0 Å². The Kier molecular flexibility index (Phi) is 19.9. The Morgan fingerprint density at radius 3 is 1.36 bits per heavy atom. The van der Waals surface area contributed by atoms with Crippen molar-refractivity contribution in [2.75, 3.05) is 91.6 Å². The molecular formula is C64H85N9O4. The number of fused-ring (bicyclic) bond motifs is 1. The van der Waals surface area contributed by atoms with Gasteiger partial charge in [0.05, 0.1) is 0 Å². The molecule has 13 heteroatoms. The van der Waals surface area contributed by atoms with Crippen molar-refractivity contribution in [1.29, 1.82) is 0 Å². The molecule has 0 aromatic heterocycles. The second kappa shape index (κ2) is 26.9. The summed E-state index contributed by atoms with van der Waals surface area (Å²) in [5.41, 5.74) is 16.0. The van der Waals surface area contributed by atoms with E-state index in [0.717, 1.165) is 67.1 Å². The maximum absolute atomic E-state index is 16.0. The van der Waals surface area contributed by atoms with Gasteiger partial charge in [0, 0.05) is 115 Å². The summed E-state index contributed by atoms with van der Waals surface area (Å²) < 4.78 is 0. The molecule has 0 saturated carbocycles. The zero-order chi connectivity index (χ0) is 54.6. The second-order valence-electron chi connectivity index (χ2n) is 21.7. The van der Waals surface area contributed by atoms with Crippen molar-refractivity contribution in [2.45, 2.75) is 104 Å². The highest BCUT2D eigenvalue weighted by Crippen LogP contribution is 2.32. The lowest BCUT2D eigenvalue weighted by Gasteiger charge is -2.45. The van der Waals surface area contributed by atoms with Gasteiger partial charge in [0.15, 0.2) is 0 Å². The van der Waals surface area contributed by atoms with Crippen molar-refractivity contribution in [1.82, 2.24) is 39.6 Å². The molecule has 2 fully saturated rings. The van der Waals surface area contributed by atoms with Crippen LogP contribution in [-0.4, -0.2) is 162 Å². The average Bonchev–Trinajstić information content (AvgIpc) is 3.87. The van der Waals surface area contributed by atoms with Crippen molar-refractivity contribution >= 4 is 23.6 Å². The van der Waals surface area contributed by atoms with Crippen molar-refractivity contribution in [3.8, 4) is 0 Å². The van der Waals surface area contributed by atoms with E-state index in [1.54, 1.807) is 17.0 Å². The maximum Gasteiger partial charge on any atom is 0.248 e. The first-order valence-electron chi connectivity index (χ1n) is 28.5. The van der Waals surface area contributed by atoms with Crippen LogP contribution in [0.5, 0.6) is 0 Å². The third-order valence-corrected chi connectivity index (χ3v) is 16.8. The summed E-state index contributed by atoms with van der Waals surface area (Å²) in [5, 5.41) is 3.60. The molecule has 3 aliphatic heterocycles. The van der Waals surface area contributed by atoms with Crippen LogP contribution in [0.4, 0.5) is 0 Å². The molecule has 13 nitrogen and oxygen atoms in total. The Balaban J connectivity index is 1.17. The van der Waals surface area contributed by atoms with Crippen LogP contribution in [0, 0.1) is 20.8 Å². The van der Waals surface area contributed by atoms with Crippen molar-refractivity contribution in [3.63, 3.8) is 0 Å². The molecule has 3 N–H and O–H groups in total. The van der Waals surface area contributed by atoms with E-state index in [1.807, 2.05) is 53.1 Å². The van der Waals surface area contributed by atoms with Gasteiger partial charge in [-0.3, -0.25) is 29.0 Å². The molecule has 5 unspecified atom stereocenters. The van der Waals surface area contributed by atoms with Gasteiger partial charge in [-0.2, -0.15) is 0 Å². The molecular weight excluding hydrogens is 959 g/mol. The lowest BCUT2D eigenvalue weighted by molar-refractivity contribution is -0.156. The topological polar surface area (TPSA) is 129 Å². The van der Waals surface area contributed by atoms with E-state index < -0.39 is 18.0 Å². The third kappa shape index (κ3) is 14.3. The number of likely N-dealkylation sites (N-methyl/N-ethyl adjacent to an activating group) is 2. The van der Waals surface area contributed by atoms with E-state index in [2.05, 4.69) is 139 Å². The number of carbonyl (C=O) groups excluding carboxylic acids is 4. The molecule has 3 heterocycles. The Morgan fingerprint density at radius 2 is 0.948 bits per heavy atom. The molecule has 5 aromatic rings. The Morgan fingerprint density at radius 1 is 0.545 bits per heavy atom. The lowest BCUT2D eigenvalue weighted by Crippen LogP contribution is -2.63. The fraction of sp³-hybridized carbons (Fsp3) is 0.469. The number of amides is 4. The minimum Gasteiger partial charge on any atom is -0.366 e. The zero-order valence-electron chi connectivity index (χ0n) is 47.0. The highest BCUT2D eigenvalue weighted by atomic mass is 16.2. The molecule has 0 bridgehead atoms. The number of rotatable bonds is 23. The number of carbonyl (C=O) groups is 4. The Hall–Kier alpha value is -6.22. The second-order valence-corrected chi connectivity index (χ2v) is 21.7. The van der Waals surface area contributed by atoms with Crippen LogP contribution in [0.25, 0.3) is 0 Å². The normalized spacial score (nSPS) is 17.8. The number of nitrogens with one attached hydrogen (secondary N) is 1. The third-order valence-electron chi connectivity index (χ3n) is 16.8. The van der Waals surface area contributed by atoms with Gasteiger partial charge in [-0.15, -0.1) is 0 Å². The smallest absolute Gasteiger partial charge is 0.248 e. The minimum atomic E-state index is -1.05. The van der Waals surface area contributed by atoms with Gasteiger partial charge in [0.25, 0.3) is 0 Å². The molecule has 5 atom stereocenters. The summed E-state index contributed by atoms with van der Waals surface area (Å²) in [6, 6.07) is 39.0. The molecule has 5 aromatic carbocycles. The van der Waals surface area contributed by atoms with Crippen LogP contribution < -0.4 is 11.1 Å². The van der Waals surface area contributed by atoms with E-state index in [1.165, 1.54) is 22.3 Å². The van der Waals surface area contributed by atoms with Crippen LogP contribution >= 0.6 is 0 Å². The highest BCUT2D eigenvalue weighted by molar-refractivity contribution is 5.94. The van der Waals surface area contributed by atoms with Crippen molar-refractivity contribution in [2.24, 2.45) is 5.73 Å². The van der Waals surface area contributed by atoms with Crippen molar-refractivity contribution in [3.05, 3.63) is 177 Å². The molecule has 0 aliphatic carbocycles. The number of nitrogens with zero attached hydrogens (tertiary/aromatic N) is 7. The van der Waals surface area contributed by atoms with E-state index in [-0.39, 0.29) is 55.1 Å².